The topological polar surface area (TPSA) is 192 Å². The van der Waals surface area contributed by atoms with E-state index < -0.39 is 53.5 Å². The number of ether oxygens (including phenoxy) is 4. The Morgan fingerprint density at radius 1 is 0.926 bits per heavy atom. The van der Waals surface area contributed by atoms with Crippen LogP contribution in [0.1, 0.15) is 95.6 Å². The summed E-state index contributed by atoms with van der Waals surface area (Å²) in [4.78, 5) is 45.6. The number of carbonyl (C=O) groups excluding carboxylic acids is 2. The SMILES string of the molecule is CO[C@H]1/C=C/O[C@@]2(C)Oc3c(C)c(O)c4c(O)c(N)c5c(c4c3C2=O)=NC2(CCN(CC2)CC(C)C/C(C)=C\[C@H](C)C[C@@H](C)[C@@H](O)[C@@H](C)[C@H](OC(=O)N2CCN(Cc3ccccc3)CC2)[C@@H]1C)N=5. The van der Waals surface area contributed by atoms with Crippen molar-refractivity contribution in [2.75, 3.05) is 58.7 Å². The number of aliphatic hydroxyl groups excluding tert-OH is 1. The molecule has 3 aromatic rings. The monoisotopic (exact) mass is 937 g/mol. The van der Waals surface area contributed by atoms with Gasteiger partial charge in [-0.25, -0.2) is 4.79 Å². The van der Waals surface area contributed by atoms with Crippen LogP contribution >= 0.6 is 0 Å². The van der Waals surface area contributed by atoms with E-state index in [9.17, 15) is 24.9 Å². The molecule has 1 amide bonds. The summed E-state index contributed by atoms with van der Waals surface area (Å²) < 4.78 is 25.1. The third-order valence-corrected chi connectivity index (χ3v) is 15.3. The number of piperazine rings is 1. The number of nitrogen functional groups attached to an aromatic ring is 1. The highest BCUT2D eigenvalue weighted by Crippen LogP contribution is 2.49. The number of piperidine rings is 1. The first-order valence-electron chi connectivity index (χ1n) is 24.5. The summed E-state index contributed by atoms with van der Waals surface area (Å²) in [5.41, 5.74) is 8.58. The number of anilines is 1. The molecule has 9 atom stereocenters. The van der Waals surface area contributed by atoms with Crippen molar-refractivity contribution >= 4 is 28.3 Å². The number of fused-ring (bicyclic) bond motifs is 15. The molecule has 3 aromatic carbocycles. The summed E-state index contributed by atoms with van der Waals surface area (Å²) in [6, 6.07) is 10.3. The van der Waals surface area contributed by atoms with Gasteiger partial charge in [-0.15, -0.1) is 0 Å². The Morgan fingerprint density at radius 2 is 1.60 bits per heavy atom. The molecule has 368 valence electrons. The maximum absolute atomic E-state index is 14.8. The number of allylic oxidation sites excluding steroid dienone is 2. The number of benzene rings is 3. The number of Topliss-reactive ketones (excluding diaryl/α,β-unsaturated/α-hetero) is 1. The number of phenols is 2. The highest BCUT2D eigenvalue weighted by molar-refractivity contribution is 6.19. The number of hydrogen-bond acceptors (Lipinski definition) is 14. The van der Waals surface area contributed by atoms with Crippen molar-refractivity contribution in [2.24, 2.45) is 39.6 Å². The fraction of sp³-hybridized carbons (Fsp3) is 0.585. The Labute approximate surface area is 400 Å². The second-order valence-corrected chi connectivity index (χ2v) is 20.7. The maximum atomic E-state index is 14.8. The molecular weight excluding hydrogens is 865 g/mol. The van der Waals surface area contributed by atoms with Crippen molar-refractivity contribution in [2.45, 2.75) is 117 Å². The van der Waals surface area contributed by atoms with Crippen LogP contribution in [0.5, 0.6) is 17.2 Å². The maximum Gasteiger partial charge on any atom is 0.410 e. The lowest BCUT2D eigenvalue weighted by Gasteiger charge is -2.39. The minimum atomic E-state index is -1.90. The molecule has 68 heavy (non-hydrogen) atoms. The number of hydrogen-bond donors (Lipinski definition) is 4. The lowest BCUT2D eigenvalue weighted by atomic mass is 9.79. The number of ketones is 1. The van der Waals surface area contributed by atoms with Gasteiger partial charge in [0, 0.05) is 102 Å². The van der Waals surface area contributed by atoms with Crippen LogP contribution in [0.15, 0.2) is 64.3 Å². The number of nitrogens with zero attached hydrogens (tertiary/aromatic N) is 5. The fourth-order valence-corrected chi connectivity index (χ4v) is 11.5. The van der Waals surface area contributed by atoms with Crippen molar-refractivity contribution in [1.29, 1.82) is 0 Å². The average molecular weight is 937 g/mol. The predicted molar refractivity (Wildman–Crippen MR) is 260 cm³/mol. The van der Waals surface area contributed by atoms with Gasteiger partial charge in [0.15, 0.2) is 11.4 Å². The Bertz CT molecular complexity index is 2570. The standard InChI is InChI=1S/C53H72N6O9/c1-30-25-31(2)27-33(4)45(60)35(6)48(67-51(64)59-22-20-58(21-23-59)29-37-13-11-10-12-14-37)34(5)38(65-9)15-24-66-52(8)50(63)41-39-40(46(61)36(7)49(41)68-52)47(62)42(54)44-43(39)55-53(56-44)16-18-57(19-17-53)28-32(3)26-30/h10-15,24-25,31-35,38,45,48,60-62H,16-23,26-29,54H2,1-9H3/b24-15+,30-25-/t31-,32?,33+,34+,35+,38-,45+,48+,52-/m0/s1. The lowest BCUT2D eigenvalue weighted by molar-refractivity contribution is -0.0876. The van der Waals surface area contributed by atoms with Crippen molar-refractivity contribution in [1.82, 2.24) is 14.7 Å². The van der Waals surface area contributed by atoms with E-state index in [-0.39, 0.29) is 56.7 Å². The highest BCUT2D eigenvalue weighted by Gasteiger charge is 2.50. The summed E-state index contributed by atoms with van der Waals surface area (Å²) in [6.45, 7) is 21.2. The van der Waals surface area contributed by atoms with Gasteiger partial charge in [-0.2, -0.15) is 0 Å². The number of carbonyl (C=O) groups is 2. The molecule has 1 spiro atoms. The first-order chi connectivity index (χ1) is 32.3. The van der Waals surface area contributed by atoms with Gasteiger partial charge in [-0.1, -0.05) is 76.6 Å². The molecule has 2 saturated heterocycles. The predicted octanol–water partition coefficient (Wildman–Crippen LogP) is 6.63. The normalized spacial score (nSPS) is 33.9. The van der Waals surface area contributed by atoms with Crippen molar-refractivity contribution in [3.05, 3.63) is 81.7 Å². The third kappa shape index (κ3) is 9.55. The second-order valence-electron chi connectivity index (χ2n) is 20.7. The number of rotatable bonds is 4. The van der Waals surface area contributed by atoms with Gasteiger partial charge in [-0.05, 0) is 56.1 Å². The van der Waals surface area contributed by atoms with Crippen molar-refractivity contribution < 1.29 is 43.9 Å². The smallest absolute Gasteiger partial charge is 0.410 e. The van der Waals surface area contributed by atoms with E-state index >= 15 is 0 Å². The van der Waals surface area contributed by atoms with Gasteiger partial charge in [-0.3, -0.25) is 19.7 Å². The Hall–Kier alpha value is -5.22. The average Bonchev–Trinajstić information content (AvgIpc) is 3.81. The molecule has 15 nitrogen and oxygen atoms in total. The van der Waals surface area contributed by atoms with Crippen molar-refractivity contribution in [3.8, 4) is 17.2 Å². The zero-order valence-electron chi connectivity index (χ0n) is 41.3. The molecule has 0 aromatic heterocycles. The van der Waals surface area contributed by atoms with E-state index in [0.29, 0.717) is 55.7 Å². The van der Waals surface area contributed by atoms with E-state index in [1.54, 1.807) is 25.0 Å². The summed E-state index contributed by atoms with van der Waals surface area (Å²) in [5.74, 6) is -3.52. The van der Waals surface area contributed by atoms with Gasteiger partial charge in [0.25, 0.3) is 5.78 Å². The summed E-state index contributed by atoms with van der Waals surface area (Å²) in [6.07, 6.45) is 5.48. The van der Waals surface area contributed by atoms with Gasteiger partial charge in [0.1, 0.15) is 28.6 Å². The molecule has 5 N–H and O–H groups in total. The minimum Gasteiger partial charge on any atom is -0.507 e. The quantitative estimate of drug-likeness (QED) is 0.124. The molecule has 6 aliphatic rings. The second kappa shape index (κ2) is 19.6. The Morgan fingerprint density at radius 3 is 2.28 bits per heavy atom. The summed E-state index contributed by atoms with van der Waals surface area (Å²) in [7, 11) is 1.55. The fourth-order valence-electron chi connectivity index (χ4n) is 11.5. The van der Waals surface area contributed by atoms with E-state index in [4.69, 9.17) is 34.7 Å². The number of aromatic hydroxyl groups is 2. The van der Waals surface area contributed by atoms with Crippen molar-refractivity contribution in [3.63, 3.8) is 0 Å². The van der Waals surface area contributed by atoms with Crippen LogP contribution < -0.4 is 21.2 Å². The number of nitrogens with two attached hydrogens (primary N) is 1. The molecule has 0 aliphatic carbocycles. The Kier molecular flexibility index (Phi) is 14.2. The molecule has 5 bridgehead atoms. The molecule has 0 radical (unpaired) electrons. The van der Waals surface area contributed by atoms with E-state index in [0.717, 1.165) is 39.0 Å². The molecule has 6 heterocycles. The van der Waals surface area contributed by atoms with Gasteiger partial charge >= 0.3 is 11.9 Å². The molecular formula is C53H72N6O9. The van der Waals surface area contributed by atoms with Crippen LogP contribution in [0.25, 0.3) is 10.8 Å². The number of aliphatic hydroxyl groups is 1. The van der Waals surface area contributed by atoms with Crippen LogP contribution in [0, 0.1) is 36.5 Å². The molecule has 9 rings (SSSR count). The zero-order chi connectivity index (χ0) is 48.8. The third-order valence-electron chi connectivity index (χ3n) is 15.3. The van der Waals surface area contributed by atoms with E-state index in [1.807, 2.05) is 32.0 Å². The molecule has 1 unspecified atom stereocenters. The van der Waals surface area contributed by atoms with Crippen LogP contribution in [-0.2, 0) is 20.8 Å². The zero-order valence-corrected chi connectivity index (χ0v) is 41.3. The van der Waals surface area contributed by atoms with Crippen LogP contribution in [0.2, 0.25) is 0 Å². The lowest BCUT2D eigenvalue weighted by Crippen LogP contribution is -2.51. The number of phenolic OH excluding ortho intramolecular Hbond substituents is 2. The molecule has 0 saturated carbocycles. The van der Waals surface area contributed by atoms with Crippen LogP contribution in [-0.4, -0.2) is 125 Å². The minimum absolute atomic E-state index is 0.00561. The number of amides is 1. The van der Waals surface area contributed by atoms with E-state index in [2.05, 4.69) is 55.7 Å². The number of methoxy groups -OCH3 is 1. The first-order valence-corrected chi connectivity index (χ1v) is 24.5. The Balaban J connectivity index is 1.12. The van der Waals surface area contributed by atoms with Gasteiger partial charge in [0.05, 0.1) is 34.8 Å². The van der Waals surface area contributed by atoms with Gasteiger partial charge < -0.3 is 49.8 Å². The highest BCUT2D eigenvalue weighted by atomic mass is 16.7. The summed E-state index contributed by atoms with van der Waals surface area (Å²) in [5, 5.41) is 36.2. The largest absolute Gasteiger partial charge is 0.507 e. The van der Waals surface area contributed by atoms with Crippen LogP contribution in [0.3, 0.4) is 0 Å². The summed E-state index contributed by atoms with van der Waals surface area (Å²) >= 11 is 0. The molecule has 6 aliphatic heterocycles. The van der Waals surface area contributed by atoms with Crippen LogP contribution in [0.4, 0.5) is 10.5 Å². The van der Waals surface area contributed by atoms with Gasteiger partial charge in [0.2, 0.25) is 0 Å². The first kappa shape index (κ1) is 49.2. The van der Waals surface area contributed by atoms with E-state index in [1.165, 1.54) is 24.3 Å². The molecule has 15 heteroatoms. The molecule has 2 fully saturated rings.